The summed E-state index contributed by atoms with van der Waals surface area (Å²) in [7, 11) is 0. The number of hydrogen-bond acceptors (Lipinski definition) is 3. The molecule has 1 saturated heterocycles. The lowest BCUT2D eigenvalue weighted by molar-refractivity contribution is -0.125. The number of piperidine rings is 1. The van der Waals surface area contributed by atoms with Gasteiger partial charge in [0.1, 0.15) is 11.9 Å². The van der Waals surface area contributed by atoms with Crippen LogP contribution in [0.5, 0.6) is 0 Å². The average molecular weight is 440 g/mol. The maximum Gasteiger partial charge on any atom is 0.253 e. The Labute approximate surface area is 188 Å². The Hall–Kier alpha value is -3.22. The minimum absolute atomic E-state index is 0.0259. The Bertz CT molecular complexity index is 949. The number of aryl methyl sites for hydroxylation is 1. The van der Waals surface area contributed by atoms with Gasteiger partial charge in [0.05, 0.1) is 0 Å². The highest BCUT2D eigenvalue weighted by molar-refractivity contribution is 5.97. The number of rotatable bonds is 6. The Morgan fingerprint density at radius 2 is 1.47 bits per heavy atom. The van der Waals surface area contributed by atoms with Crippen molar-refractivity contribution in [3.8, 4) is 0 Å². The fraction of sp³-hybridized carbons (Fsp3) is 0.400. The summed E-state index contributed by atoms with van der Waals surface area (Å²) in [5.41, 5.74) is 2.03. The molecule has 0 unspecified atom stereocenters. The van der Waals surface area contributed by atoms with Crippen LogP contribution in [0, 0.1) is 18.7 Å². The predicted octanol–water partition coefficient (Wildman–Crippen LogP) is 3.31. The van der Waals surface area contributed by atoms with Crippen LogP contribution in [-0.4, -0.2) is 47.8 Å². The topological polar surface area (TPSA) is 78.5 Å². The number of amides is 3. The average Bonchev–Trinajstić information content (AvgIpc) is 2.77. The van der Waals surface area contributed by atoms with Gasteiger partial charge in [-0.15, -0.1) is 0 Å². The van der Waals surface area contributed by atoms with Crippen LogP contribution in [0.2, 0.25) is 0 Å². The fourth-order valence-electron chi connectivity index (χ4n) is 3.91. The molecule has 3 rings (SSSR count). The van der Waals surface area contributed by atoms with Crippen molar-refractivity contribution in [3.05, 3.63) is 71.0 Å². The van der Waals surface area contributed by atoms with Crippen LogP contribution >= 0.6 is 0 Å². The van der Waals surface area contributed by atoms with Crippen LogP contribution in [0.4, 0.5) is 4.39 Å². The summed E-state index contributed by atoms with van der Waals surface area (Å²) < 4.78 is 13.2. The van der Waals surface area contributed by atoms with E-state index in [9.17, 15) is 18.8 Å². The summed E-state index contributed by atoms with van der Waals surface area (Å²) in [6.45, 7) is 6.71. The zero-order chi connectivity index (χ0) is 23.3. The first-order valence-corrected chi connectivity index (χ1v) is 11.0. The molecule has 1 aliphatic heterocycles. The number of nitrogens with one attached hydrogen (secondary N) is 2. The zero-order valence-electron chi connectivity index (χ0n) is 18.7. The SMILES string of the molecule is Cc1ccc(C(=O)N2CCC([C@@H](NC(=O)c3ccc(F)cc3)C(=O)NC(C)C)CC2)cc1. The molecule has 170 valence electrons. The largest absolute Gasteiger partial charge is 0.352 e. The van der Waals surface area contributed by atoms with Crippen molar-refractivity contribution in [3.63, 3.8) is 0 Å². The van der Waals surface area contributed by atoms with Crippen molar-refractivity contribution in [1.29, 1.82) is 0 Å². The second kappa shape index (κ2) is 10.4. The van der Waals surface area contributed by atoms with E-state index in [1.54, 1.807) is 4.90 Å². The van der Waals surface area contributed by atoms with E-state index in [-0.39, 0.29) is 23.8 Å². The van der Waals surface area contributed by atoms with Crippen LogP contribution in [0.25, 0.3) is 0 Å². The third-order valence-electron chi connectivity index (χ3n) is 5.70. The minimum Gasteiger partial charge on any atom is -0.352 e. The predicted molar refractivity (Wildman–Crippen MR) is 121 cm³/mol. The lowest BCUT2D eigenvalue weighted by Crippen LogP contribution is -2.54. The molecule has 7 heteroatoms. The first kappa shape index (κ1) is 23.4. The number of benzene rings is 2. The highest BCUT2D eigenvalue weighted by atomic mass is 19.1. The molecule has 2 N–H and O–H groups in total. The summed E-state index contributed by atoms with van der Waals surface area (Å²) in [6, 6.07) is 11.9. The maximum atomic E-state index is 13.2. The van der Waals surface area contributed by atoms with Crippen LogP contribution in [0.15, 0.2) is 48.5 Å². The molecular formula is C25H30FN3O3. The summed E-state index contributed by atoms with van der Waals surface area (Å²) in [6.07, 6.45) is 1.19. The number of hydrogen-bond donors (Lipinski definition) is 2. The molecule has 0 aromatic heterocycles. The molecule has 0 saturated carbocycles. The second-order valence-electron chi connectivity index (χ2n) is 8.62. The van der Waals surface area contributed by atoms with Gasteiger partial charge in [0.25, 0.3) is 11.8 Å². The van der Waals surface area contributed by atoms with E-state index >= 15 is 0 Å². The van der Waals surface area contributed by atoms with E-state index < -0.39 is 17.8 Å². The van der Waals surface area contributed by atoms with Crippen molar-refractivity contribution in [2.75, 3.05) is 13.1 Å². The van der Waals surface area contributed by atoms with Gasteiger partial charge in [-0.05, 0) is 75.9 Å². The smallest absolute Gasteiger partial charge is 0.253 e. The third-order valence-corrected chi connectivity index (χ3v) is 5.70. The standard InChI is InChI=1S/C25H30FN3O3/c1-16(2)27-24(31)22(28-23(30)19-8-10-21(26)11-9-19)18-12-14-29(15-13-18)25(32)20-6-4-17(3)5-7-20/h4-11,16,18,22H,12-15H2,1-3H3,(H,27,31)(H,28,30)/t22-/m1/s1. The van der Waals surface area contributed by atoms with E-state index in [1.807, 2.05) is 45.0 Å². The molecule has 2 aromatic rings. The van der Waals surface area contributed by atoms with Gasteiger partial charge in [0, 0.05) is 30.3 Å². The Kier molecular flexibility index (Phi) is 7.62. The number of likely N-dealkylation sites (tertiary alicyclic amines) is 1. The number of carbonyl (C=O) groups excluding carboxylic acids is 3. The molecule has 32 heavy (non-hydrogen) atoms. The summed E-state index contributed by atoms with van der Waals surface area (Å²) >= 11 is 0. The molecule has 6 nitrogen and oxygen atoms in total. The number of halogens is 1. The molecule has 0 aliphatic carbocycles. The second-order valence-corrected chi connectivity index (χ2v) is 8.62. The van der Waals surface area contributed by atoms with Gasteiger partial charge in [-0.1, -0.05) is 17.7 Å². The quantitative estimate of drug-likeness (QED) is 0.725. The van der Waals surface area contributed by atoms with Crippen molar-refractivity contribution < 1.29 is 18.8 Å². The third kappa shape index (κ3) is 5.93. The van der Waals surface area contributed by atoms with E-state index in [0.717, 1.165) is 5.56 Å². The van der Waals surface area contributed by atoms with Gasteiger partial charge in [-0.2, -0.15) is 0 Å². The van der Waals surface area contributed by atoms with Gasteiger partial charge in [-0.25, -0.2) is 4.39 Å². The van der Waals surface area contributed by atoms with E-state index in [1.165, 1.54) is 24.3 Å². The van der Waals surface area contributed by atoms with Gasteiger partial charge in [0.15, 0.2) is 0 Å². The zero-order valence-corrected chi connectivity index (χ0v) is 18.7. The molecular weight excluding hydrogens is 409 g/mol. The molecule has 0 radical (unpaired) electrons. The Morgan fingerprint density at radius 3 is 2.03 bits per heavy atom. The van der Waals surface area contributed by atoms with Crippen molar-refractivity contribution >= 4 is 17.7 Å². The van der Waals surface area contributed by atoms with Crippen LogP contribution in [0.1, 0.15) is 53.0 Å². The Morgan fingerprint density at radius 1 is 0.906 bits per heavy atom. The molecule has 3 amide bonds. The highest BCUT2D eigenvalue weighted by Crippen LogP contribution is 2.23. The Balaban J connectivity index is 1.68. The minimum atomic E-state index is -0.730. The van der Waals surface area contributed by atoms with E-state index in [0.29, 0.717) is 37.1 Å². The van der Waals surface area contributed by atoms with E-state index in [2.05, 4.69) is 10.6 Å². The van der Waals surface area contributed by atoms with Crippen molar-refractivity contribution in [2.24, 2.45) is 5.92 Å². The van der Waals surface area contributed by atoms with Gasteiger partial charge < -0.3 is 15.5 Å². The fourth-order valence-corrected chi connectivity index (χ4v) is 3.91. The lowest BCUT2D eigenvalue weighted by Gasteiger charge is -2.36. The summed E-state index contributed by atoms with van der Waals surface area (Å²) in [4.78, 5) is 40.2. The molecule has 2 aromatic carbocycles. The first-order chi connectivity index (χ1) is 15.2. The molecule has 1 heterocycles. The monoisotopic (exact) mass is 439 g/mol. The van der Waals surface area contributed by atoms with Crippen molar-refractivity contribution in [2.45, 2.75) is 45.7 Å². The van der Waals surface area contributed by atoms with Crippen LogP contribution < -0.4 is 10.6 Å². The van der Waals surface area contributed by atoms with Gasteiger partial charge >= 0.3 is 0 Å². The van der Waals surface area contributed by atoms with Crippen molar-refractivity contribution in [1.82, 2.24) is 15.5 Å². The number of carbonyl (C=O) groups is 3. The summed E-state index contributed by atoms with van der Waals surface area (Å²) in [5.74, 6) is -1.24. The summed E-state index contributed by atoms with van der Waals surface area (Å²) in [5, 5.41) is 5.71. The molecule has 1 fully saturated rings. The van der Waals surface area contributed by atoms with Crippen LogP contribution in [-0.2, 0) is 4.79 Å². The molecule has 0 bridgehead atoms. The van der Waals surface area contributed by atoms with Gasteiger partial charge in [-0.3, -0.25) is 14.4 Å². The van der Waals surface area contributed by atoms with Crippen LogP contribution in [0.3, 0.4) is 0 Å². The lowest BCUT2D eigenvalue weighted by atomic mass is 9.88. The van der Waals surface area contributed by atoms with Gasteiger partial charge in [0.2, 0.25) is 5.91 Å². The van der Waals surface area contributed by atoms with E-state index in [4.69, 9.17) is 0 Å². The maximum absolute atomic E-state index is 13.2. The number of nitrogens with zero attached hydrogens (tertiary/aromatic N) is 1. The molecule has 0 spiro atoms. The normalized spacial score (nSPS) is 15.3. The highest BCUT2D eigenvalue weighted by Gasteiger charge is 2.34. The molecule has 1 atom stereocenters. The molecule has 1 aliphatic rings. The first-order valence-electron chi connectivity index (χ1n) is 11.0.